The van der Waals surface area contributed by atoms with Crippen LogP contribution in [0.5, 0.6) is 0 Å². The van der Waals surface area contributed by atoms with Gasteiger partial charge in [-0.3, -0.25) is 4.79 Å². The molecule has 120 valence electrons. The molecule has 4 rings (SSSR count). The minimum absolute atomic E-state index is 0.0442. The zero-order valence-corrected chi connectivity index (χ0v) is 13.3. The molecule has 1 saturated carbocycles. The van der Waals surface area contributed by atoms with Gasteiger partial charge >= 0.3 is 0 Å². The Hall–Kier alpha value is -2.81. The standard InChI is InChI=1S/C21H19NO2/c23-20(22-15-18-12-7-13-24-18)19-14-21(19,16-8-3-1-4-9-16)17-10-5-2-6-11-17/h1-13,19H,14-15H2,(H,22,23)/t19-/m1/s1. The fraction of sp³-hybridized carbons (Fsp3) is 0.190. The van der Waals surface area contributed by atoms with E-state index >= 15 is 0 Å². The van der Waals surface area contributed by atoms with Crippen molar-refractivity contribution in [2.24, 2.45) is 5.92 Å². The van der Waals surface area contributed by atoms with E-state index in [1.54, 1.807) is 6.26 Å². The minimum Gasteiger partial charge on any atom is -0.467 e. The maximum absolute atomic E-state index is 12.7. The fourth-order valence-corrected chi connectivity index (χ4v) is 3.57. The van der Waals surface area contributed by atoms with E-state index in [9.17, 15) is 4.79 Å². The van der Waals surface area contributed by atoms with Gasteiger partial charge in [-0.15, -0.1) is 0 Å². The molecular formula is C21H19NO2. The van der Waals surface area contributed by atoms with Crippen LogP contribution in [-0.2, 0) is 16.8 Å². The third-order valence-corrected chi connectivity index (χ3v) is 4.87. The molecule has 1 aromatic heterocycles. The number of carbonyl (C=O) groups is 1. The molecule has 2 aromatic carbocycles. The Balaban J connectivity index is 1.59. The van der Waals surface area contributed by atoms with Crippen LogP contribution in [0.3, 0.4) is 0 Å². The summed E-state index contributed by atoms with van der Waals surface area (Å²) in [5, 5.41) is 3.01. The predicted octanol–water partition coefficient (Wildman–Crippen LogP) is 3.90. The average Bonchev–Trinajstić information content (AvgIpc) is 3.20. The normalized spacial score (nSPS) is 18.1. The first-order chi connectivity index (χ1) is 11.8. The lowest BCUT2D eigenvalue weighted by Gasteiger charge is -2.18. The highest BCUT2D eigenvalue weighted by Crippen LogP contribution is 2.58. The van der Waals surface area contributed by atoms with Crippen molar-refractivity contribution in [3.63, 3.8) is 0 Å². The minimum atomic E-state index is -0.213. The van der Waals surface area contributed by atoms with E-state index in [1.165, 1.54) is 11.1 Å². The van der Waals surface area contributed by atoms with Crippen LogP contribution in [0.1, 0.15) is 23.3 Å². The van der Waals surface area contributed by atoms with Gasteiger partial charge in [0, 0.05) is 5.41 Å². The van der Waals surface area contributed by atoms with E-state index in [1.807, 2.05) is 48.5 Å². The summed E-state index contributed by atoms with van der Waals surface area (Å²) in [7, 11) is 0. The molecule has 3 aromatic rings. The van der Waals surface area contributed by atoms with Crippen molar-refractivity contribution in [3.8, 4) is 0 Å². The molecule has 0 radical (unpaired) electrons. The van der Waals surface area contributed by atoms with Gasteiger partial charge in [-0.2, -0.15) is 0 Å². The van der Waals surface area contributed by atoms with Gasteiger partial charge in [0.1, 0.15) is 5.76 Å². The third kappa shape index (κ3) is 2.52. The summed E-state index contributed by atoms with van der Waals surface area (Å²) in [5.74, 6) is 0.811. The zero-order chi connectivity index (χ0) is 16.4. The van der Waals surface area contributed by atoms with Crippen LogP contribution in [-0.4, -0.2) is 5.91 Å². The number of furan rings is 1. The molecule has 3 heteroatoms. The van der Waals surface area contributed by atoms with E-state index < -0.39 is 0 Å². The van der Waals surface area contributed by atoms with E-state index in [0.717, 1.165) is 12.2 Å². The molecule has 1 fully saturated rings. The second-order valence-electron chi connectivity index (χ2n) is 6.26. The van der Waals surface area contributed by atoms with Crippen molar-refractivity contribution in [1.82, 2.24) is 5.32 Å². The molecule has 0 aliphatic heterocycles. The number of amides is 1. The number of rotatable bonds is 5. The monoisotopic (exact) mass is 317 g/mol. The van der Waals surface area contributed by atoms with Crippen LogP contribution in [0.4, 0.5) is 0 Å². The summed E-state index contributed by atoms with van der Waals surface area (Å²) in [5.41, 5.74) is 2.19. The zero-order valence-electron chi connectivity index (χ0n) is 13.3. The predicted molar refractivity (Wildman–Crippen MR) is 92.3 cm³/mol. The van der Waals surface area contributed by atoms with Crippen LogP contribution >= 0.6 is 0 Å². The Morgan fingerprint density at radius 1 is 0.958 bits per heavy atom. The Morgan fingerprint density at radius 3 is 2.12 bits per heavy atom. The first-order valence-electron chi connectivity index (χ1n) is 8.22. The summed E-state index contributed by atoms with van der Waals surface area (Å²) >= 11 is 0. The Bertz CT molecular complexity index is 770. The third-order valence-electron chi connectivity index (χ3n) is 4.87. The summed E-state index contributed by atoms with van der Waals surface area (Å²) in [6.07, 6.45) is 2.46. The first kappa shape index (κ1) is 14.8. The molecule has 1 amide bonds. The van der Waals surface area contributed by atoms with Crippen LogP contribution in [0.2, 0.25) is 0 Å². The number of nitrogens with one attached hydrogen (secondary N) is 1. The number of benzene rings is 2. The van der Waals surface area contributed by atoms with Gasteiger partial charge in [0.05, 0.1) is 18.7 Å². The summed E-state index contributed by atoms with van der Waals surface area (Å²) in [6.45, 7) is 0.433. The molecule has 0 saturated heterocycles. The summed E-state index contributed by atoms with van der Waals surface area (Å²) in [6, 6.07) is 24.3. The first-order valence-corrected chi connectivity index (χ1v) is 8.22. The Kier molecular flexibility index (Phi) is 3.69. The van der Waals surface area contributed by atoms with E-state index in [2.05, 4.69) is 29.6 Å². The fourth-order valence-electron chi connectivity index (χ4n) is 3.57. The van der Waals surface area contributed by atoms with Crippen molar-refractivity contribution in [3.05, 3.63) is 95.9 Å². The maximum atomic E-state index is 12.7. The highest BCUT2D eigenvalue weighted by atomic mass is 16.3. The maximum Gasteiger partial charge on any atom is 0.224 e. The lowest BCUT2D eigenvalue weighted by Crippen LogP contribution is -2.28. The SMILES string of the molecule is O=C(NCc1ccco1)[C@H]1CC1(c1ccccc1)c1ccccc1. The van der Waals surface area contributed by atoms with E-state index in [-0.39, 0.29) is 17.2 Å². The quantitative estimate of drug-likeness (QED) is 0.775. The smallest absolute Gasteiger partial charge is 0.224 e. The van der Waals surface area contributed by atoms with Crippen LogP contribution < -0.4 is 5.32 Å². The molecule has 0 unspecified atom stereocenters. The molecule has 1 aliphatic rings. The second kappa shape index (κ2) is 6.00. The molecule has 0 bridgehead atoms. The van der Waals surface area contributed by atoms with Gasteiger partial charge < -0.3 is 9.73 Å². The van der Waals surface area contributed by atoms with Gasteiger partial charge in [-0.25, -0.2) is 0 Å². The molecule has 24 heavy (non-hydrogen) atoms. The number of carbonyl (C=O) groups excluding carboxylic acids is 1. The molecule has 1 aliphatic carbocycles. The molecular weight excluding hydrogens is 298 g/mol. The summed E-state index contributed by atoms with van der Waals surface area (Å²) < 4.78 is 5.29. The van der Waals surface area contributed by atoms with Gasteiger partial charge in [0.25, 0.3) is 0 Å². The van der Waals surface area contributed by atoms with Gasteiger partial charge in [-0.1, -0.05) is 60.7 Å². The van der Waals surface area contributed by atoms with Crippen molar-refractivity contribution in [2.45, 2.75) is 18.4 Å². The molecule has 0 spiro atoms. The van der Waals surface area contributed by atoms with E-state index in [4.69, 9.17) is 4.42 Å². The van der Waals surface area contributed by atoms with Gasteiger partial charge in [-0.05, 0) is 29.7 Å². The van der Waals surface area contributed by atoms with Gasteiger partial charge in [0.2, 0.25) is 5.91 Å². The number of hydrogen-bond donors (Lipinski definition) is 1. The van der Waals surface area contributed by atoms with E-state index in [0.29, 0.717) is 6.54 Å². The molecule has 1 atom stereocenters. The average molecular weight is 317 g/mol. The van der Waals surface area contributed by atoms with Gasteiger partial charge in [0.15, 0.2) is 0 Å². The largest absolute Gasteiger partial charge is 0.467 e. The van der Waals surface area contributed by atoms with Crippen molar-refractivity contribution < 1.29 is 9.21 Å². The molecule has 1 N–H and O–H groups in total. The Morgan fingerprint density at radius 2 is 1.58 bits per heavy atom. The van der Waals surface area contributed by atoms with Crippen LogP contribution in [0.15, 0.2) is 83.5 Å². The van der Waals surface area contributed by atoms with Crippen molar-refractivity contribution in [1.29, 1.82) is 0 Å². The molecule has 3 nitrogen and oxygen atoms in total. The highest BCUT2D eigenvalue weighted by Gasteiger charge is 2.60. The van der Waals surface area contributed by atoms with Crippen LogP contribution in [0.25, 0.3) is 0 Å². The summed E-state index contributed by atoms with van der Waals surface area (Å²) in [4.78, 5) is 12.7. The topological polar surface area (TPSA) is 42.2 Å². The Labute approximate surface area is 141 Å². The highest BCUT2D eigenvalue weighted by molar-refractivity contribution is 5.86. The number of hydrogen-bond acceptors (Lipinski definition) is 2. The van der Waals surface area contributed by atoms with Crippen molar-refractivity contribution >= 4 is 5.91 Å². The lowest BCUT2D eigenvalue weighted by atomic mass is 9.85. The van der Waals surface area contributed by atoms with Crippen LogP contribution in [0, 0.1) is 5.92 Å². The van der Waals surface area contributed by atoms with Crippen molar-refractivity contribution in [2.75, 3.05) is 0 Å². The molecule has 1 heterocycles. The lowest BCUT2D eigenvalue weighted by molar-refractivity contribution is -0.122. The second-order valence-corrected chi connectivity index (χ2v) is 6.26.